The molecule has 0 fully saturated rings. The molecule has 0 unspecified atom stereocenters. The minimum Gasteiger partial charge on any atom is -0.466 e. The highest BCUT2D eigenvalue weighted by atomic mass is 35.5. The van der Waals surface area contributed by atoms with Gasteiger partial charge in [-0.1, -0.05) is 41.9 Å². The molecule has 0 saturated carbocycles. The number of para-hydroxylation sites is 1. The van der Waals surface area contributed by atoms with Gasteiger partial charge in [-0.15, -0.1) is 0 Å². The van der Waals surface area contributed by atoms with Gasteiger partial charge in [-0.25, -0.2) is 0 Å². The Bertz CT molecular complexity index is 821. The summed E-state index contributed by atoms with van der Waals surface area (Å²) < 4.78 is 7.23. The van der Waals surface area contributed by atoms with Crippen LogP contribution in [0.15, 0.2) is 54.7 Å². The molecule has 0 saturated heterocycles. The van der Waals surface area contributed by atoms with Gasteiger partial charge in [0.2, 0.25) is 0 Å². The summed E-state index contributed by atoms with van der Waals surface area (Å²) in [6.07, 6.45) is 2.33. The number of hydrogen-bond donors (Lipinski definition) is 0. The number of carbonyl (C=O) groups is 1. The summed E-state index contributed by atoms with van der Waals surface area (Å²) in [5.74, 6) is -0.193. The Morgan fingerprint density at radius 3 is 2.61 bits per heavy atom. The Kier molecular flexibility index (Phi) is 4.68. The number of rotatable bonds is 5. The first-order chi connectivity index (χ1) is 11.2. The van der Waals surface area contributed by atoms with Crippen molar-refractivity contribution in [3.05, 3.63) is 70.9 Å². The van der Waals surface area contributed by atoms with Crippen molar-refractivity contribution in [2.75, 3.05) is 6.61 Å². The highest BCUT2D eigenvalue weighted by Crippen LogP contribution is 2.23. The zero-order chi connectivity index (χ0) is 16.2. The molecule has 0 aliphatic carbocycles. The Morgan fingerprint density at radius 1 is 1.13 bits per heavy atom. The van der Waals surface area contributed by atoms with Gasteiger partial charge in [-0.05, 0) is 36.2 Å². The van der Waals surface area contributed by atoms with Crippen molar-refractivity contribution in [1.82, 2.24) is 4.57 Å². The Hall–Kier alpha value is -2.26. The van der Waals surface area contributed by atoms with Gasteiger partial charge in [0.15, 0.2) is 0 Å². The Labute approximate surface area is 140 Å². The zero-order valence-electron chi connectivity index (χ0n) is 13.0. The van der Waals surface area contributed by atoms with Crippen LogP contribution in [0.25, 0.3) is 10.9 Å². The summed E-state index contributed by atoms with van der Waals surface area (Å²) in [5, 5.41) is 1.82. The molecule has 2 aromatic carbocycles. The van der Waals surface area contributed by atoms with Gasteiger partial charge >= 0.3 is 5.97 Å². The minimum atomic E-state index is -0.193. The second kappa shape index (κ2) is 6.88. The number of aromatic nitrogens is 1. The zero-order valence-corrected chi connectivity index (χ0v) is 13.7. The van der Waals surface area contributed by atoms with Crippen LogP contribution >= 0.6 is 11.6 Å². The van der Waals surface area contributed by atoms with Gasteiger partial charge in [-0.2, -0.15) is 0 Å². The van der Waals surface area contributed by atoms with Crippen LogP contribution in [0.2, 0.25) is 5.02 Å². The smallest absolute Gasteiger partial charge is 0.310 e. The first-order valence-electron chi connectivity index (χ1n) is 7.64. The van der Waals surface area contributed by atoms with E-state index in [4.69, 9.17) is 16.3 Å². The molecule has 23 heavy (non-hydrogen) atoms. The monoisotopic (exact) mass is 327 g/mol. The van der Waals surface area contributed by atoms with E-state index >= 15 is 0 Å². The third-order valence-corrected chi connectivity index (χ3v) is 4.03. The van der Waals surface area contributed by atoms with E-state index in [0.29, 0.717) is 13.0 Å². The average molecular weight is 328 g/mol. The van der Waals surface area contributed by atoms with Gasteiger partial charge in [0.25, 0.3) is 0 Å². The number of ether oxygens (including phenoxy) is 1. The maximum absolute atomic E-state index is 11.8. The molecule has 1 aromatic heterocycles. The quantitative estimate of drug-likeness (QED) is 0.648. The number of esters is 1. The second-order valence-electron chi connectivity index (χ2n) is 5.41. The molecule has 0 spiro atoms. The standard InChI is InChI=1S/C19H18ClNO2/c1-2-23-19(22)11-15-13-21(18-6-4-3-5-17(15)18)12-14-7-9-16(20)10-8-14/h3-10,13H,2,11-12H2,1H3. The molecule has 4 heteroatoms. The highest BCUT2D eigenvalue weighted by molar-refractivity contribution is 6.30. The molecule has 3 rings (SSSR count). The SMILES string of the molecule is CCOC(=O)Cc1cn(Cc2ccc(Cl)cc2)c2ccccc12. The normalized spacial score (nSPS) is 10.9. The lowest BCUT2D eigenvalue weighted by Crippen LogP contribution is -2.07. The van der Waals surface area contributed by atoms with E-state index < -0.39 is 0 Å². The number of carbonyl (C=O) groups excluding carboxylic acids is 1. The summed E-state index contributed by atoms with van der Waals surface area (Å²) in [7, 11) is 0. The van der Waals surface area contributed by atoms with E-state index in [1.165, 1.54) is 0 Å². The van der Waals surface area contributed by atoms with Crippen molar-refractivity contribution >= 4 is 28.5 Å². The predicted octanol–water partition coefficient (Wildman–Crippen LogP) is 4.45. The average Bonchev–Trinajstić information content (AvgIpc) is 2.88. The lowest BCUT2D eigenvalue weighted by Gasteiger charge is -2.05. The largest absolute Gasteiger partial charge is 0.466 e. The summed E-state index contributed by atoms with van der Waals surface area (Å²) >= 11 is 5.94. The van der Waals surface area contributed by atoms with Crippen LogP contribution in [0.4, 0.5) is 0 Å². The fourth-order valence-corrected chi connectivity index (χ4v) is 2.87. The molecule has 0 atom stereocenters. The van der Waals surface area contributed by atoms with Gasteiger partial charge in [0.05, 0.1) is 13.0 Å². The minimum absolute atomic E-state index is 0.193. The van der Waals surface area contributed by atoms with Crippen molar-refractivity contribution in [3.8, 4) is 0 Å². The molecule has 0 amide bonds. The van der Waals surface area contributed by atoms with E-state index in [-0.39, 0.29) is 5.97 Å². The molecule has 0 radical (unpaired) electrons. The van der Waals surface area contributed by atoms with Gasteiger partial charge in [0, 0.05) is 28.7 Å². The Morgan fingerprint density at radius 2 is 1.87 bits per heavy atom. The van der Waals surface area contributed by atoms with Crippen molar-refractivity contribution in [3.63, 3.8) is 0 Å². The van der Waals surface area contributed by atoms with E-state index in [0.717, 1.165) is 33.6 Å². The number of nitrogens with zero attached hydrogens (tertiary/aromatic N) is 1. The van der Waals surface area contributed by atoms with Crippen LogP contribution in [-0.4, -0.2) is 17.1 Å². The molecular weight excluding hydrogens is 310 g/mol. The fourth-order valence-electron chi connectivity index (χ4n) is 2.75. The molecule has 0 aliphatic heterocycles. The maximum atomic E-state index is 11.8. The maximum Gasteiger partial charge on any atom is 0.310 e. The van der Waals surface area contributed by atoms with Crippen LogP contribution in [0.1, 0.15) is 18.1 Å². The highest BCUT2D eigenvalue weighted by Gasteiger charge is 2.12. The predicted molar refractivity (Wildman–Crippen MR) is 92.8 cm³/mol. The number of fused-ring (bicyclic) bond motifs is 1. The lowest BCUT2D eigenvalue weighted by molar-refractivity contribution is -0.142. The molecule has 0 aliphatic rings. The van der Waals surface area contributed by atoms with Crippen molar-refractivity contribution in [2.24, 2.45) is 0 Å². The topological polar surface area (TPSA) is 31.2 Å². The third-order valence-electron chi connectivity index (χ3n) is 3.78. The van der Waals surface area contributed by atoms with Gasteiger partial charge in [-0.3, -0.25) is 4.79 Å². The number of benzene rings is 2. The van der Waals surface area contributed by atoms with Crippen LogP contribution in [-0.2, 0) is 22.5 Å². The van der Waals surface area contributed by atoms with Crippen LogP contribution in [0.3, 0.4) is 0 Å². The van der Waals surface area contributed by atoms with Crippen molar-refractivity contribution in [2.45, 2.75) is 19.9 Å². The number of hydrogen-bond acceptors (Lipinski definition) is 2. The van der Waals surface area contributed by atoms with E-state index in [2.05, 4.69) is 10.6 Å². The first-order valence-corrected chi connectivity index (χ1v) is 8.02. The lowest BCUT2D eigenvalue weighted by atomic mass is 10.1. The van der Waals surface area contributed by atoms with Crippen molar-refractivity contribution < 1.29 is 9.53 Å². The van der Waals surface area contributed by atoms with E-state index in [1.54, 1.807) is 0 Å². The first kappa shape index (κ1) is 15.6. The van der Waals surface area contributed by atoms with E-state index in [9.17, 15) is 4.79 Å². The molecule has 3 nitrogen and oxygen atoms in total. The van der Waals surface area contributed by atoms with Crippen LogP contribution in [0, 0.1) is 0 Å². The molecule has 118 valence electrons. The molecule has 1 heterocycles. The summed E-state index contributed by atoms with van der Waals surface area (Å²) in [6.45, 7) is 2.96. The van der Waals surface area contributed by atoms with Gasteiger partial charge < -0.3 is 9.30 Å². The fraction of sp³-hybridized carbons (Fsp3) is 0.211. The Balaban J connectivity index is 1.94. The second-order valence-corrected chi connectivity index (χ2v) is 5.84. The number of halogens is 1. The summed E-state index contributed by atoms with van der Waals surface area (Å²) in [4.78, 5) is 11.8. The van der Waals surface area contributed by atoms with Crippen LogP contribution in [0.5, 0.6) is 0 Å². The van der Waals surface area contributed by atoms with Crippen molar-refractivity contribution in [1.29, 1.82) is 0 Å². The molecule has 3 aromatic rings. The molecule has 0 N–H and O–H groups in total. The summed E-state index contributed by atoms with van der Waals surface area (Å²) in [6, 6.07) is 15.9. The molecular formula is C19H18ClNO2. The van der Waals surface area contributed by atoms with Crippen LogP contribution < -0.4 is 0 Å². The van der Waals surface area contributed by atoms with E-state index in [1.807, 2.05) is 55.6 Å². The molecule has 0 bridgehead atoms. The third kappa shape index (κ3) is 3.57. The summed E-state index contributed by atoms with van der Waals surface area (Å²) in [5.41, 5.74) is 3.27. The van der Waals surface area contributed by atoms with Gasteiger partial charge in [0.1, 0.15) is 0 Å².